The van der Waals surface area contributed by atoms with E-state index >= 15 is 0 Å². The van der Waals surface area contributed by atoms with Crippen molar-refractivity contribution in [2.24, 2.45) is 11.7 Å². The third-order valence-corrected chi connectivity index (χ3v) is 4.88. The molecule has 24 heavy (non-hydrogen) atoms. The maximum Gasteiger partial charge on any atom is 0.239 e. The van der Waals surface area contributed by atoms with Crippen LogP contribution in [0.5, 0.6) is 11.5 Å². The average Bonchev–Trinajstić information content (AvgIpc) is 3.20. The number of benzene rings is 1. The van der Waals surface area contributed by atoms with Gasteiger partial charge in [0.25, 0.3) is 0 Å². The Balaban J connectivity index is 1.50. The summed E-state index contributed by atoms with van der Waals surface area (Å²) in [5, 5.41) is 0. The van der Waals surface area contributed by atoms with Crippen LogP contribution in [0.3, 0.4) is 0 Å². The first-order chi connectivity index (χ1) is 11.6. The van der Waals surface area contributed by atoms with E-state index in [1.807, 2.05) is 18.2 Å². The molecule has 3 aliphatic rings. The number of hydrogen-bond donors (Lipinski definition) is 1. The second-order valence-corrected chi connectivity index (χ2v) is 6.49. The Morgan fingerprint density at radius 1 is 1.12 bits per heavy atom. The Labute approximate surface area is 140 Å². The average molecular weight is 331 g/mol. The molecular formula is C17H21N3O4. The lowest BCUT2D eigenvalue weighted by Gasteiger charge is -2.23. The minimum atomic E-state index is -0.594. The van der Waals surface area contributed by atoms with Crippen LogP contribution in [0.15, 0.2) is 18.2 Å². The summed E-state index contributed by atoms with van der Waals surface area (Å²) in [6.45, 7) is 2.76. The molecule has 0 radical (unpaired) electrons. The van der Waals surface area contributed by atoms with Crippen LogP contribution in [0.1, 0.15) is 12.8 Å². The lowest BCUT2D eigenvalue weighted by atomic mass is 10.1. The molecule has 3 aliphatic heterocycles. The van der Waals surface area contributed by atoms with Crippen LogP contribution in [0, 0.1) is 5.92 Å². The van der Waals surface area contributed by atoms with Crippen molar-refractivity contribution in [3.63, 3.8) is 0 Å². The molecule has 1 aromatic carbocycles. The topological polar surface area (TPSA) is 85.1 Å². The van der Waals surface area contributed by atoms with Crippen molar-refractivity contribution < 1.29 is 19.1 Å². The highest BCUT2D eigenvalue weighted by Crippen LogP contribution is 2.36. The summed E-state index contributed by atoms with van der Waals surface area (Å²) >= 11 is 0. The van der Waals surface area contributed by atoms with Gasteiger partial charge in [0.15, 0.2) is 11.5 Å². The molecule has 7 heteroatoms. The Morgan fingerprint density at radius 2 is 1.92 bits per heavy atom. The normalized spacial score (nSPS) is 26.1. The Hall–Kier alpha value is -2.28. The van der Waals surface area contributed by atoms with Crippen LogP contribution in [0.2, 0.25) is 0 Å². The first kappa shape index (κ1) is 15.3. The second-order valence-electron chi connectivity index (χ2n) is 6.49. The lowest BCUT2D eigenvalue weighted by Crippen LogP contribution is -2.40. The van der Waals surface area contributed by atoms with E-state index in [0.29, 0.717) is 50.8 Å². The number of ether oxygens (including phenoxy) is 2. The van der Waals surface area contributed by atoms with E-state index in [1.165, 1.54) is 0 Å². The number of nitrogens with zero attached hydrogens (tertiary/aromatic N) is 2. The molecule has 2 saturated heterocycles. The van der Waals surface area contributed by atoms with Crippen LogP contribution >= 0.6 is 0 Å². The quantitative estimate of drug-likeness (QED) is 0.792. The molecule has 1 aromatic rings. The van der Waals surface area contributed by atoms with E-state index in [1.54, 1.807) is 9.80 Å². The number of carbonyl (C=O) groups is 2. The van der Waals surface area contributed by atoms with Gasteiger partial charge in [0.2, 0.25) is 11.8 Å². The van der Waals surface area contributed by atoms with Crippen molar-refractivity contribution in [1.29, 1.82) is 0 Å². The first-order valence-corrected chi connectivity index (χ1v) is 8.39. The predicted octanol–water partition coefficient (Wildman–Crippen LogP) is 0.370. The van der Waals surface area contributed by atoms with E-state index in [-0.39, 0.29) is 17.9 Å². The smallest absolute Gasteiger partial charge is 0.239 e. The highest BCUT2D eigenvalue weighted by molar-refractivity contribution is 6.09. The van der Waals surface area contributed by atoms with Crippen LogP contribution in [-0.4, -0.2) is 55.6 Å². The number of likely N-dealkylation sites (tertiary alicyclic amines) is 1. The maximum absolute atomic E-state index is 12.7. The van der Waals surface area contributed by atoms with Crippen molar-refractivity contribution in [3.05, 3.63) is 18.2 Å². The molecule has 2 fully saturated rings. The van der Waals surface area contributed by atoms with E-state index in [9.17, 15) is 9.59 Å². The van der Waals surface area contributed by atoms with Gasteiger partial charge in [-0.3, -0.25) is 9.59 Å². The zero-order valence-corrected chi connectivity index (χ0v) is 13.4. The summed E-state index contributed by atoms with van der Waals surface area (Å²) in [4.78, 5) is 28.7. The van der Waals surface area contributed by atoms with E-state index in [4.69, 9.17) is 15.2 Å². The maximum atomic E-state index is 12.7. The molecular weight excluding hydrogens is 310 g/mol. The summed E-state index contributed by atoms with van der Waals surface area (Å²) in [6.07, 6.45) is 1.34. The van der Waals surface area contributed by atoms with Gasteiger partial charge < -0.3 is 25.0 Å². The molecule has 0 aliphatic carbocycles. The minimum Gasteiger partial charge on any atom is -0.486 e. The number of rotatable bonds is 2. The summed E-state index contributed by atoms with van der Waals surface area (Å²) in [5.41, 5.74) is 6.61. The molecule has 3 heterocycles. The summed E-state index contributed by atoms with van der Waals surface area (Å²) in [6, 6.07) is 5.49. The number of nitrogens with two attached hydrogens (primary N) is 1. The third kappa shape index (κ3) is 2.58. The van der Waals surface area contributed by atoms with Crippen molar-refractivity contribution >= 4 is 17.5 Å². The molecule has 128 valence electrons. The number of carbonyl (C=O) groups excluding carboxylic acids is 2. The number of hydrogen-bond acceptors (Lipinski definition) is 5. The fraction of sp³-hybridized carbons (Fsp3) is 0.529. The first-order valence-electron chi connectivity index (χ1n) is 8.39. The monoisotopic (exact) mass is 331 g/mol. The van der Waals surface area contributed by atoms with Gasteiger partial charge in [-0.05, 0) is 25.0 Å². The molecule has 0 aromatic heterocycles. The Morgan fingerprint density at radius 3 is 2.67 bits per heavy atom. The van der Waals surface area contributed by atoms with Gasteiger partial charge in [-0.1, -0.05) is 0 Å². The summed E-state index contributed by atoms with van der Waals surface area (Å²) in [7, 11) is 0. The largest absolute Gasteiger partial charge is 0.486 e. The van der Waals surface area contributed by atoms with Crippen LogP contribution in [0.4, 0.5) is 5.69 Å². The third-order valence-electron chi connectivity index (χ3n) is 4.88. The van der Waals surface area contributed by atoms with Crippen LogP contribution in [-0.2, 0) is 9.59 Å². The molecule has 4 rings (SSSR count). The molecule has 0 bridgehead atoms. The number of amides is 2. The zero-order chi connectivity index (χ0) is 16.7. The van der Waals surface area contributed by atoms with Crippen LogP contribution < -0.4 is 20.1 Å². The molecule has 2 atom stereocenters. The van der Waals surface area contributed by atoms with Crippen LogP contribution in [0.25, 0.3) is 0 Å². The van der Waals surface area contributed by atoms with Crippen molar-refractivity contribution in [2.75, 3.05) is 37.7 Å². The fourth-order valence-electron chi connectivity index (χ4n) is 3.57. The molecule has 2 N–H and O–H groups in total. The lowest BCUT2D eigenvalue weighted by molar-refractivity contribution is -0.139. The Bertz CT molecular complexity index is 678. The van der Waals surface area contributed by atoms with Crippen molar-refractivity contribution in [1.82, 2.24) is 4.90 Å². The van der Waals surface area contributed by atoms with Crippen molar-refractivity contribution in [2.45, 2.75) is 18.9 Å². The molecule has 0 saturated carbocycles. The number of anilines is 1. The van der Waals surface area contributed by atoms with Gasteiger partial charge in [-0.15, -0.1) is 0 Å². The SMILES string of the molecule is N[C@@H]1CCN(C(=O)C2CCN(c3ccc4c(c3)OCCO4)C2=O)C1. The van der Waals surface area contributed by atoms with Gasteiger partial charge in [0.1, 0.15) is 19.1 Å². The van der Waals surface area contributed by atoms with Gasteiger partial charge in [0.05, 0.1) is 0 Å². The predicted molar refractivity (Wildman–Crippen MR) is 87.1 cm³/mol. The fourth-order valence-corrected chi connectivity index (χ4v) is 3.57. The summed E-state index contributed by atoms with van der Waals surface area (Å²) < 4.78 is 11.1. The highest BCUT2D eigenvalue weighted by atomic mass is 16.6. The van der Waals surface area contributed by atoms with Gasteiger partial charge in [-0.2, -0.15) is 0 Å². The minimum absolute atomic E-state index is 0.0272. The van der Waals surface area contributed by atoms with Crippen molar-refractivity contribution in [3.8, 4) is 11.5 Å². The molecule has 1 unspecified atom stereocenters. The number of fused-ring (bicyclic) bond motifs is 1. The van der Waals surface area contributed by atoms with E-state index < -0.39 is 5.92 Å². The highest BCUT2D eigenvalue weighted by Gasteiger charge is 2.41. The Kier molecular flexibility index (Phi) is 3.80. The van der Waals surface area contributed by atoms with Gasteiger partial charge in [-0.25, -0.2) is 0 Å². The van der Waals surface area contributed by atoms with Gasteiger partial charge >= 0.3 is 0 Å². The second kappa shape index (κ2) is 5.98. The van der Waals surface area contributed by atoms with E-state index in [2.05, 4.69) is 0 Å². The van der Waals surface area contributed by atoms with Gasteiger partial charge in [0, 0.05) is 37.4 Å². The molecule has 7 nitrogen and oxygen atoms in total. The summed E-state index contributed by atoms with van der Waals surface area (Å²) in [5.74, 6) is 0.510. The molecule has 2 amide bonds. The standard InChI is InChI=1S/C17H21N3O4/c18-11-3-5-19(10-11)16(21)13-4-6-20(17(13)22)12-1-2-14-15(9-12)24-8-7-23-14/h1-2,9,11,13H,3-8,10,18H2/t11-,13?/m1/s1. The van der Waals surface area contributed by atoms with E-state index in [0.717, 1.165) is 12.1 Å². The zero-order valence-electron chi connectivity index (χ0n) is 13.4. The molecule has 0 spiro atoms.